The van der Waals surface area contributed by atoms with Crippen molar-refractivity contribution in [1.29, 1.82) is 0 Å². The quantitative estimate of drug-likeness (QED) is 0.187. The molecule has 0 saturated heterocycles. The molecule has 51 heavy (non-hydrogen) atoms. The van der Waals surface area contributed by atoms with Crippen LogP contribution >= 0.6 is 0 Å². The number of carbonyl (C=O) groups excluding carboxylic acids is 4. The highest BCUT2D eigenvalue weighted by atomic mass is 19.1. The van der Waals surface area contributed by atoms with Crippen molar-refractivity contribution in [3.8, 4) is 11.1 Å². The number of benzene rings is 3. The molecule has 1 heterocycles. The van der Waals surface area contributed by atoms with Gasteiger partial charge in [0.25, 0.3) is 0 Å². The Kier molecular flexibility index (Phi) is 12.1. The molecule has 2 aliphatic rings. The molecule has 0 spiro atoms. The van der Waals surface area contributed by atoms with Gasteiger partial charge in [-0.3, -0.25) is 9.59 Å². The van der Waals surface area contributed by atoms with Crippen LogP contribution in [0.5, 0.6) is 0 Å². The number of nitrogens with one attached hydrogen (secondary N) is 2. The van der Waals surface area contributed by atoms with E-state index in [1.807, 2.05) is 57.2 Å². The normalized spacial score (nSPS) is 17.6. The van der Waals surface area contributed by atoms with Crippen LogP contribution in [0.2, 0.25) is 0 Å². The van der Waals surface area contributed by atoms with Gasteiger partial charge in [-0.25, -0.2) is 19.0 Å². The number of amides is 2. The number of ether oxygens (including phenoxy) is 2. The number of rotatable bonds is 12. The molecule has 1 fully saturated rings. The lowest BCUT2D eigenvalue weighted by Crippen LogP contribution is -2.37. The van der Waals surface area contributed by atoms with Gasteiger partial charge in [-0.05, 0) is 112 Å². The summed E-state index contributed by atoms with van der Waals surface area (Å²) in [6, 6.07) is 18.9. The number of nitrogens with zero attached hydrogens (tertiary/aromatic N) is 3. The van der Waals surface area contributed by atoms with Gasteiger partial charge in [-0.2, -0.15) is 5.11 Å². The predicted octanol–water partition coefficient (Wildman–Crippen LogP) is 7.54. The van der Waals surface area contributed by atoms with Crippen LogP contribution < -0.4 is 10.6 Å². The number of methoxy groups -OCH3 is 1. The molecule has 2 amide bonds. The summed E-state index contributed by atoms with van der Waals surface area (Å²) in [5.41, 5.74) is 2.82. The number of Topliss-reactive ketones (excluding diaryl/α,β-unsaturated/α-hetero) is 1. The van der Waals surface area contributed by atoms with Crippen LogP contribution in [-0.4, -0.2) is 55.5 Å². The van der Waals surface area contributed by atoms with E-state index in [0.717, 1.165) is 29.5 Å². The fourth-order valence-corrected chi connectivity index (χ4v) is 6.31. The summed E-state index contributed by atoms with van der Waals surface area (Å²) in [5.74, 6) is -1.66. The third-order valence-corrected chi connectivity index (χ3v) is 9.06. The summed E-state index contributed by atoms with van der Waals surface area (Å²) < 4.78 is 24.6. The second kappa shape index (κ2) is 16.6. The lowest BCUT2D eigenvalue weighted by atomic mass is 9.77. The van der Waals surface area contributed by atoms with Crippen LogP contribution in [0, 0.1) is 23.6 Å². The number of esters is 1. The number of halogens is 1. The molecule has 1 aliphatic carbocycles. The average molecular weight is 698 g/mol. The highest BCUT2D eigenvalue weighted by Crippen LogP contribution is 2.32. The number of aliphatic imine (C=N–C) groups is 1. The molecular formula is C39H44FN5O6. The Labute approximate surface area is 297 Å². The number of alkyl carbamates (subject to hydrolysis) is 1. The Hall–Kier alpha value is -5.26. The lowest BCUT2D eigenvalue weighted by Gasteiger charge is -2.29. The first-order valence-electron chi connectivity index (χ1n) is 17.2. The second-order valence-electron chi connectivity index (χ2n) is 14.0. The van der Waals surface area contributed by atoms with Crippen molar-refractivity contribution in [3.63, 3.8) is 0 Å². The van der Waals surface area contributed by atoms with E-state index in [4.69, 9.17) is 4.74 Å². The number of anilines is 1. The first-order valence-corrected chi connectivity index (χ1v) is 17.2. The smallest absolute Gasteiger partial charge is 0.407 e. The second-order valence-corrected chi connectivity index (χ2v) is 14.0. The van der Waals surface area contributed by atoms with Crippen LogP contribution in [0.25, 0.3) is 11.1 Å². The maximum Gasteiger partial charge on any atom is 0.407 e. The van der Waals surface area contributed by atoms with Gasteiger partial charge in [0.15, 0.2) is 12.5 Å². The number of hydrogen-bond acceptors (Lipinski definition) is 9. The number of hydrogen-bond donors (Lipinski definition) is 2. The van der Waals surface area contributed by atoms with Crippen molar-refractivity contribution in [2.24, 2.45) is 33.0 Å². The topological polar surface area (TPSA) is 148 Å². The van der Waals surface area contributed by atoms with E-state index >= 15 is 0 Å². The Morgan fingerprint density at radius 2 is 1.57 bits per heavy atom. The molecule has 3 aromatic rings. The monoisotopic (exact) mass is 697 g/mol. The van der Waals surface area contributed by atoms with E-state index in [2.05, 4.69) is 30.6 Å². The molecule has 2 N–H and O–H groups in total. The van der Waals surface area contributed by atoms with Crippen LogP contribution in [0.3, 0.4) is 0 Å². The minimum absolute atomic E-state index is 0.0476. The van der Waals surface area contributed by atoms with Gasteiger partial charge in [0.2, 0.25) is 5.91 Å². The molecule has 1 atom stereocenters. The molecule has 0 unspecified atom stereocenters. The van der Waals surface area contributed by atoms with Crippen LogP contribution in [0.15, 0.2) is 82.0 Å². The predicted molar refractivity (Wildman–Crippen MR) is 191 cm³/mol. The Morgan fingerprint density at radius 3 is 2.18 bits per heavy atom. The Balaban J connectivity index is 1.25. The van der Waals surface area contributed by atoms with Gasteiger partial charge < -0.3 is 20.1 Å². The first-order chi connectivity index (χ1) is 24.4. The fraction of sp³-hybridized carbons (Fsp3) is 0.410. The third-order valence-electron chi connectivity index (χ3n) is 9.06. The van der Waals surface area contributed by atoms with Crippen molar-refractivity contribution in [2.45, 2.75) is 64.9 Å². The van der Waals surface area contributed by atoms with E-state index in [0.29, 0.717) is 49.6 Å². The minimum atomic E-state index is -0.748. The van der Waals surface area contributed by atoms with Crippen LogP contribution in [0.1, 0.15) is 74.4 Å². The maximum absolute atomic E-state index is 14.6. The molecular weight excluding hydrogens is 653 g/mol. The SMILES string of the molecule is COC(=O)c1ccc(-c2ccc(C[C@H](CC(=O)C3CCC(CNC(=O)OC(C)(C)C)CC3)C(=O)Nc3ccc(C4=NCN=N4)cc3)cc2)cc1F. The highest BCUT2D eigenvalue weighted by molar-refractivity contribution is 6.01. The van der Waals surface area contributed by atoms with Gasteiger partial charge in [0.05, 0.1) is 12.7 Å². The third kappa shape index (κ3) is 10.4. The summed E-state index contributed by atoms with van der Waals surface area (Å²) in [5, 5.41) is 13.7. The van der Waals surface area contributed by atoms with Gasteiger partial charge in [0, 0.05) is 36.1 Å². The summed E-state index contributed by atoms with van der Waals surface area (Å²) >= 11 is 0. The zero-order valence-corrected chi connectivity index (χ0v) is 29.4. The summed E-state index contributed by atoms with van der Waals surface area (Å²) in [4.78, 5) is 55.6. The molecule has 0 radical (unpaired) electrons. The van der Waals surface area contributed by atoms with E-state index in [9.17, 15) is 23.6 Å². The Bertz CT molecular complexity index is 1790. The van der Waals surface area contributed by atoms with Crippen molar-refractivity contribution in [1.82, 2.24) is 5.32 Å². The van der Waals surface area contributed by atoms with Gasteiger partial charge in [-0.15, -0.1) is 5.11 Å². The molecule has 0 bridgehead atoms. The van der Waals surface area contributed by atoms with Crippen molar-refractivity contribution in [3.05, 3.63) is 89.2 Å². The largest absolute Gasteiger partial charge is 0.465 e. The van der Waals surface area contributed by atoms with E-state index in [-0.39, 0.29) is 35.5 Å². The number of azo groups is 1. The highest BCUT2D eigenvalue weighted by Gasteiger charge is 2.31. The Morgan fingerprint density at radius 1 is 0.902 bits per heavy atom. The maximum atomic E-state index is 14.6. The van der Waals surface area contributed by atoms with Crippen molar-refractivity contribution >= 4 is 35.3 Å². The van der Waals surface area contributed by atoms with E-state index in [1.165, 1.54) is 19.2 Å². The standard InChI is InChI=1S/C39H44FN5O6/c1-39(2,3)51-38(49)41-22-25-7-11-27(12-8-25)34(46)21-30(36(47)44-31-16-13-28(14-17-31)35-42-23-43-45-35)19-24-5-9-26(10-6-24)29-15-18-32(33(40)20-29)37(48)50-4/h5-6,9-10,13-18,20,25,27,30H,7-8,11-12,19,21-23H2,1-4H3,(H,41,49)(H,44,47)/t25?,27?,30-/m1/s1. The van der Waals surface area contributed by atoms with Crippen molar-refractivity contribution < 1.29 is 33.0 Å². The van der Waals surface area contributed by atoms with Crippen molar-refractivity contribution in [2.75, 3.05) is 25.6 Å². The van der Waals surface area contributed by atoms with E-state index < -0.39 is 29.4 Å². The number of ketones is 1. The van der Waals surface area contributed by atoms with Crippen LogP contribution in [-0.2, 0) is 25.5 Å². The molecule has 11 nitrogen and oxygen atoms in total. The van der Waals surface area contributed by atoms with Crippen LogP contribution in [0.4, 0.5) is 14.9 Å². The van der Waals surface area contributed by atoms with Gasteiger partial charge in [0.1, 0.15) is 17.2 Å². The van der Waals surface area contributed by atoms with Gasteiger partial charge in [-0.1, -0.05) is 30.3 Å². The first kappa shape index (κ1) is 37.0. The molecule has 0 aromatic heterocycles. The number of amidine groups is 1. The molecule has 3 aromatic carbocycles. The lowest BCUT2D eigenvalue weighted by molar-refractivity contribution is -0.129. The molecule has 1 saturated carbocycles. The minimum Gasteiger partial charge on any atom is -0.465 e. The molecule has 1 aliphatic heterocycles. The van der Waals surface area contributed by atoms with Gasteiger partial charge >= 0.3 is 12.1 Å². The molecule has 12 heteroatoms. The molecule has 5 rings (SSSR count). The number of carbonyl (C=O) groups is 4. The summed E-state index contributed by atoms with van der Waals surface area (Å²) in [6.07, 6.45) is 2.92. The fourth-order valence-electron chi connectivity index (χ4n) is 6.31. The zero-order chi connectivity index (χ0) is 36.5. The molecule has 268 valence electrons. The summed E-state index contributed by atoms with van der Waals surface area (Å²) in [7, 11) is 1.20. The summed E-state index contributed by atoms with van der Waals surface area (Å²) in [6.45, 7) is 6.25. The average Bonchev–Trinajstić information content (AvgIpc) is 3.65. The zero-order valence-electron chi connectivity index (χ0n) is 29.4. The van der Waals surface area contributed by atoms with E-state index in [1.54, 1.807) is 18.2 Å².